The molecule has 0 amide bonds. The van der Waals surface area contributed by atoms with Crippen LogP contribution in [0.25, 0.3) is 0 Å². The van der Waals surface area contributed by atoms with Gasteiger partial charge in [0.25, 0.3) is 0 Å². The van der Waals surface area contributed by atoms with Crippen LogP contribution in [0, 0.1) is 13.8 Å². The van der Waals surface area contributed by atoms with E-state index in [1.807, 2.05) is 50.2 Å². The summed E-state index contributed by atoms with van der Waals surface area (Å²) in [6.07, 6.45) is 2.27. The highest BCUT2D eigenvalue weighted by Crippen LogP contribution is 2.22. The van der Waals surface area contributed by atoms with E-state index in [1.165, 1.54) is 0 Å². The zero-order valence-corrected chi connectivity index (χ0v) is 20.2. The van der Waals surface area contributed by atoms with Crippen molar-refractivity contribution in [1.29, 1.82) is 0 Å². The number of hydrogen-bond donors (Lipinski definition) is 0. The molecule has 2 heterocycles. The predicted octanol–water partition coefficient (Wildman–Crippen LogP) is 4.78. The number of esters is 1. The van der Waals surface area contributed by atoms with E-state index in [4.69, 9.17) is 18.9 Å². The second-order valence-electron chi connectivity index (χ2n) is 8.54. The summed E-state index contributed by atoms with van der Waals surface area (Å²) in [5, 5.41) is 0. The van der Waals surface area contributed by atoms with Crippen molar-refractivity contribution in [1.82, 2.24) is 4.57 Å². The number of ether oxygens (including phenoxy) is 4. The van der Waals surface area contributed by atoms with Gasteiger partial charge in [-0.1, -0.05) is 30.3 Å². The molecule has 0 saturated carbocycles. The Morgan fingerprint density at radius 3 is 2.49 bits per heavy atom. The highest BCUT2D eigenvalue weighted by atomic mass is 16.5. The fourth-order valence-corrected chi connectivity index (χ4v) is 4.23. The molecule has 0 unspecified atom stereocenters. The van der Waals surface area contributed by atoms with Gasteiger partial charge in [0.15, 0.2) is 6.61 Å². The Morgan fingerprint density at radius 1 is 0.971 bits per heavy atom. The van der Waals surface area contributed by atoms with Gasteiger partial charge in [0.05, 0.1) is 6.10 Å². The second kappa shape index (κ2) is 11.7. The summed E-state index contributed by atoms with van der Waals surface area (Å²) in [5.74, 6) is 0.291. The molecule has 1 aromatic heterocycles. The highest BCUT2D eigenvalue weighted by molar-refractivity contribution is 6.01. The second-order valence-corrected chi connectivity index (χ2v) is 8.54. The molecule has 1 fully saturated rings. The van der Waals surface area contributed by atoms with Crippen molar-refractivity contribution in [2.24, 2.45) is 0 Å². The largest absolute Gasteiger partial charge is 0.490 e. The summed E-state index contributed by atoms with van der Waals surface area (Å²) < 4.78 is 24.6. The van der Waals surface area contributed by atoms with Crippen LogP contribution in [0.4, 0.5) is 0 Å². The summed E-state index contributed by atoms with van der Waals surface area (Å²) in [7, 11) is 0. The Hall–Kier alpha value is -3.58. The Morgan fingerprint density at radius 2 is 1.71 bits per heavy atom. The number of ketones is 1. The Bertz CT molecular complexity index is 1150. The van der Waals surface area contributed by atoms with Gasteiger partial charge >= 0.3 is 5.97 Å². The molecule has 1 atom stereocenters. The molecule has 7 heteroatoms. The first-order chi connectivity index (χ1) is 17.0. The molecule has 0 spiro atoms. The van der Waals surface area contributed by atoms with Gasteiger partial charge in [0.2, 0.25) is 5.78 Å². The number of carbonyl (C=O) groups excluding carboxylic acids is 2. The molecule has 184 valence electrons. The van der Waals surface area contributed by atoms with Gasteiger partial charge in [-0.05, 0) is 57.0 Å². The topological polar surface area (TPSA) is 76.0 Å². The fourth-order valence-electron chi connectivity index (χ4n) is 4.23. The first kappa shape index (κ1) is 24.5. The van der Waals surface area contributed by atoms with Crippen molar-refractivity contribution in [3.8, 4) is 11.5 Å². The summed E-state index contributed by atoms with van der Waals surface area (Å²) in [5.41, 5.74) is 2.69. The summed E-state index contributed by atoms with van der Waals surface area (Å²) in [6.45, 7) is 5.65. The number of benzene rings is 2. The predicted molar refractivity (Wildman–Crippen MR) is 131 cm³/mol. The summed E-state index contributed by atoms with van der Waals surface area (Å²) in [4.78, 5) is 25.6. The first-order valence-electron chi connectivity index (χ1n) is 11.9. The highest BCUT2D eigenvalue weighted by Gasteiger charge is 2.22. The summed E-state index contributed by atoms with van der Waals surface area (Å²) >= 11 is 0. The van der Waals surface area contributed by atoms with Crippen molar-refractivity contribution in [2.75, 3.05) is 26.4 Å². The molecule has 1 aliphatic heterocycles. The lowest BCUT2D eigenvalue weighted by molar-refractivity contribution is 0.0469. The number of Topliss-reactive ketones (excluding diaryl/α,β-unsaturated/α-hetero) is 1. The van der Waals surface area contributed by atoms with Crippen molar-refractivity contribution in [3.63, 3.8) is 0 Å². The SMILES string of the molecule is Cc1cc(C(=O)COC(=O)c2ccccc2OCCOc2ccccc2)c(C)n1C[C@H]1CCCO1. The van der Waals surface area contributed by atoms with Crippen LogP contribution in [-0.2, 0) is 16.0 Å². The molecule has 35 heavy (non-hydrogen) atoms. The number of rotatable bonds is 11. The molecule has 1 saturated heterocycles. The average molecular weight is 478 g/mol. The van der Waals surface area contributed by atoms with Crippen LogP contribution in [0.1, 0.15) is 44.9 Å². The molecule has 1 aliphatic rings. The normalized spacial score (nSPS) is 15.1. The number of para-hydroxylation sites is 2. The van der Waals surface area contributed by atoms with Gasteiger partial charge in [0, 0.05) is 30.1 Å². The minimum atomic E-state index is -0.605. The summed E-state index contributed by atoms with van der Waals surface area (Å²) in [6, 6.07) is 18.1. The molecule has 4 rings (SSSR count). The third kappa shape index (κ3) is 6.31. The Labute approximate surface area is 205 Å². The molecule has 0 bridgehead atoms. The standard InChI is InChI=1S/C28H31NO6/c1-20-17-25(21(2)29(20)18-23-11-8-14-32-23)26(30)19-35-28(31)24-12-6-7-13-27(24)34-16-15-33-22-9-4-3-5-10-22/h3-7,9-10,12-13,17,23H,8,11,14-16,18-19H2,1-2H3/t23-/m1/s1. The molecule has 2 aromatic carbocycles. The van der Waals surface area contributed by atoms with Crippen LogP contribution in [0.3, 0.4) is 0 Å². The van der Waals surface area contributed by atoms with E-state index in [2.05, 4.69) is 4.57 Å². The third-order valence-electron chi connectivity index (χ3n) is 6.08. The van der Waals surface area contributed by atoms with Crippen LogP contribution in [-0.4, -0.2) is 48.9 Å². The lowest BCUT2D eigenvalue weighted by Gasteiger charge is -2.15. The van der Waals surface area contributed by atoms with E-state index in [0.717, 1.165) is 43.1 Å². The van der Waals surface area contributed by atoms with Crippen molar-refractivity contribution < 1.29 is 28.5 Å². The Kier molecular flexibility index (Phi) is 8.21. The van der Waals surface area contributed by atoms with Gasteiger partial charge in [0.1, 0.15) is 30.3 Å². The van der Waals surface area contributed by atoms with Crippen LogP contribution in [0.2, 0.25) is 0 Å². The molecule has 0 N–H and O–H groups in total. The van der Waals surface area contributed by atoms with Crippen LogP contribution >= 0.6 is 0 Å². The lowest BCUT2D eigenvalue weighted by Crippen LogP contribution is -2.18. The Balaban J connectivity index is 1.32. The number of carbonyl (C=O) groups is 2. The van der Waals surface area contributed by atoms with Gasteiger partial charge in [-0.15, -0.1) is 0 Å². The molecule has 0 radical (unpaired) electrons. The number of nitrogens with zero attached hydrogens (tertiary/aromatic N) is 1. The monoisotopic (exact) mass is 477 g/mol. The van der Waals surface area contributed by atoms with E-state index in [1.54, 1.807) is 24.3 Å². The fraction of sp³-hybridized carbons (Fsp3) is 0.357. The lowest BCUT2D eigenvalue weighted by atomic mass is 10.1. The zero-order valence-electron chi connectivity index (χ0n) is 20.2. The average Bonchev–Trinajstić information content (AvgIpc) is 3.50. The minimum Gasteiger partial charge on any atom is -0.490 e. The maximum atomic E-state index is 12.9. The van der Waals surface area contributed by atoms with Gasteiger partial charge in [-0.25, -0.2) is 4.79 Å². The quantitative estimate of drug-likeness (QED) is 0.225. The van der Waals surface area contributed by atoms with E-state index in [0.29, 0.717) is 17.9 Å². The molecular weight excluding hydrogens is 446 g/mol. The van der Waals surface area contributed by atoms with Gasteiger partial charge < -0.3 is 23.5 Å². The molecule has 3 aromatic rings. The van der Waals surface area contributed by atoms with Crippen molar-refractivity contribution in [2.45, 2.75) is 39.3 Å². The molecule has 7 nitrogen and oxygen atoms in total. The van der Waals surface area contributed by atoms with Crippen LogP contribution in [0.5, 0.6) is 11.5 Å². The smallest absolute Gasteiger partial charge is 0.342 e. The van der Waals surface area contributed by atoms with Crippen molar-refractivity contribution in [3.05, 3.63) is 83.2 Å². The molecule has 0 aliphatic carbocycles. The van der Waals surface area contributed by atoms with E-state index in [-0.39, 0.29) is 30.7 Å². The number of aromatic nitrogens is 1. The van der Waals surface area contributed by atoms with E-state index >= 15 is 0 Å². The van der Waals surface area contributed by atoms with Crippen LogP contribution < -0.4 is 9.47 Å². The third-order valence-corrected chi connectivity index (χ3v) is 6.08. The van der Waals surface area contributed by atoms with Gasteiger partial charge in [-0.2, -0.15) is 0 Å². The first-order valence-corrected chi connectivity index (χ1v) is 11.9. The molecular formula is C28H31NO6. The maximum absolute atomic E-state index is 12.9. The van der Waals surface area contributed by atoms with E-state index < -0.39 is 5.97 Å². The van der Waals surface area contributed by atoms with Crippen LogP contribution in [0.15, 0.2) is 60.7 Å². The van der Waals surface area contributed by atoms with Gasteiger partial charge in [-0.3, -0.25) is 4.79 Å². The van der Waals surface area contributed by atoms with E-state index in [9.17, 15) is 9.59 Å². The number of hydrogen-bond acceptors (Lipinski definition) is 6. The minimum absolute atomic E-state index is 0.176. The number of aryl methyl sites for hydroxylation is 1. The maximum Gasteiger partial charge on any atom is 0.342 e. The zero-order chi connectivity index (χ0) is 24.6. The van der Waals surface area contributed by atoms with Crippen molar-refractivity contribution >= 4 is 11.8 Å².